The zero-order valence-electron chi connectivity index (χ0n) is 20.7. The van der Waals surface area contributed by atoms with Crippen LogP contribution < -0.4 is 4.90 Å². The Morgan fingerprint density at radius 3 is 2.37 bits per heavy atom. The lowest BCUT2D eigenvalue weighted by atomic mass is 9.94. The molecule has 2 fully saturated rings. The molecule has 2 saturated heterocycles. The summed E-state index contributed by atoms with van der Waals surface area (Å²) >= 11 is 6.27. The summed E-state index contributed by atoms with van der Waals surface area (Å²) in [5, 5.41) is 0.639. The lowest BCUT2D eigenvalue weighted by Crippen LogP contribution is -2.44. The highest BCUT2D eigenvalue weighted by Gasteiger charge is 2.30. The van der Waals surface area contributed by atoms with Gasteiger partial charge in [0.1, 0.15) is 0 Å². The normalized spacial score (nSPS) is 17.3. The predicted molar refractivity (Wildman–Crippen MR) is 143 cm³/mol. The van der Waals surface area contributed by atoms with Crippen LogP contribution in [-0.4, -0.2) is 60.9 Å². The van der Waals surface area contributed by atoms with Crippen molar-refractivity contribution in [2.24, 2.45) is 5.92 Å². The summed E-state index contributed by atoms with van der Waals surface area (Å²) in [6, 6.07) is 18.1. The topological polar surface area (TPSA) is 43.9 Å². The van der Waals surface area contributed by atoms with Gasteiger partial charge in [-0.25, -0.2) is 0 Å². The summed E-state index contributed by atoms with van der Waals surface area (Å²) < 4.78 is 0. The first kappa shape index (κ1) is 25.5. The lowest BCUT2D eigenvalue weighted by Gasteiger charge is -2.34. The standard InChI is InChI=1S/C29H36ClN3O2/c1-23(34)32-19-13-26(14-20-32)29(35)33(28-10-5-9-27(30)22-28)16-6-15-31-17-11-25(12-18-31)21-24-7-3-2-4-8-24/h2-5,7-10,21-22,26H,6,11-20H2,1H3. The van der Waals surface area contributed by atoms with Crippen LogP contribution in [0.25, 0.3) is 6.08 Å². The molecule has 0 bridgehead atoms. The number of amides is 2. The van der Waals surface area contributed by atoms with Gasteiger partial charge in [0.05, 0.1) is 0 Å². The van der Waals surface area contributed by atoms with Crippen molar-refractivity contribution in [1.29, 1.82) is 0 Å². The highest BCUT2D eigenvalue weighted by molar-refractivity contribution is 6.30. The van der Waals surface area contributed by atoms with E-state index < -0.39 is 0 Å². The number of benzene rings is 2. The van der Waals surface area contributed by atoms with Gasteiger partial charge >= 0.3 is 0 Å². The fourth-order valence-electron chi connectivity index (χ4n) is 5.12. The number of nitrogens with zero attached hydrogens (tertiary/aromatic N) is 3. The minimum atomic E-state index is -0.0507. The molecular weight excluding hydrogens is 458 g/mol. The second-order valence-electron chi connectivity index (χ2n) is 9.66. The van der Waals surface area contributed by atoms with Crippen LogP contribution in [0.15, 0.2) is 60.2 Å². The number of halogens is 1. The number of piperidine rings is 2. The van der Waals surface area contributed by atoms with E-state index in [1.54, 1.807) is 6.92 Å². The van der Waals surface area contributed by atoms with Crippen LogP contribution in [-0.2, 0) is 9.59 Å². The van der Waals surface area contributed by atoms with Gasteiger partial charge in [-0.3, -0.25) is 9.59 Å². The van der Waals surface area contributed by atoms with E-state index in [0.717, 1.165) is 57.4 Å². The van der Waals surface area contributed by atoms with Crippen LogP contribution in [0.1, 0.15) is 44.6 Å². The number of carbonyl (C=O) groups is 2. The van der Waals surface area contributed by atoms with Gasteiger partial charge in [-0.15, -0.1) is 0 Å². The van der Waals surface area contributed by atoms with Gasteiger partial charge in [0.2, 0.25) is 11.8 Å². The molecule has 2 aromatic rings. The summed E-state index contributed by atoms with van der Waals surface area (Å²) in [5.74, 6) is 0.193. The molecule has 2 aromatic carbocycles. The number of rotatable bonds is 7. The largest absolute Gasteiger partial charge is 0.343 e. The van der Waals surface area contributed by atoms with Gasteiger partial charge < -0.3 is 14.7 Å². The Bertz CT molecular complexity index is 1020. The fraction of sp³-hybridized carbons (Fsp3) is 0.448. The van der Waals surface area contributed by atoms with Crippen molar-refractivity contribution in [2.45, 2.75) is 39.0 Å². The van der Waals surface area contributed by atoms with E-state index in [9.17, 15) is 9.59 Å². The Balaban J connectivity index is 1.32. The van der Waals surface area contributed by atoms with E-state index in [1.165, 1.54) is 11.1 Å². The van der Waals surface area contributed by atoms with Crippen molar-refractivity contribution in [3.63, 3.8) is 0 Å². The molecule has 0 saturated carbocycles. The first-order valence-corrected chi connectivity index (χ1v) is 13.2. The predicted octanol–water partition coefficient (Wildman–Crippen LogP) is 5.50. The second-order valence-corrected chi connectivity index (χ2v) is 10.1. The summed E-state index contributed by atoms with van der Waals surface area (Å²) in [7, 11) is 0. The van der Waals surface area contributed by atoms with Crippen molar-refractivity contribution in [2.75, 3.05) is 44.2 Å². The van der Waals surface area contributed by atoms with Gasteiger partial charge in [0.15, 0.2) is 0 Å². The van der Waals surface area contributed by atoms with Crippen LogP contribution in [0, 0.1) is 5.92 Å². The molecule has 0 N–H and O–H groups in total. The van der Waals surface area contributed by atoms with E-state index >= 15 is 0 Å². The van der Waals surface area contributed by atoms with Crippen molar-refractivity contribution in [3.8, 4) is 0 Å². The molecule has 35 heavy (non-hydrogen) atoms. The van der Waals surface area contributed by atoms with Gasteiger partial charge in [0.25, 0.3) is 0 Å². The van der Waals surface area contributed by atoms with Crippen molar-refractivity contribution in [1.82, 2.24) is 9.80 Å². The van der Waals surface area contributed by atoms with Gasteiger partial charge in [-0.1, -0.05) is 59.6 Å². The molecule has 0 atom stereocenters. The van der Waals surface area contributed by atoms with Crippen molar-refractivity contribution < 1.29 is 9.59 Å². The molecule has 6 heteroatoms. The maximum atomic E-state index is 13.5. The smallest absolute Gasteiger partial charge is 0.230 e. The van der Waals surface area contributed by atoms with Crippen molar-refractivity contribution >= 4 is 35.2 Å². The Morgan fingerprint density at radius 1 is 1.00 bits per heavy atom. The molecule has 186 valence electrons. The molecule has 0 radical (unpaired) electrons. The van der Waals surface area contributed by atoms with Crippen molar-refractivity contribution in [3.05, 3.63) is 70.8 Å². The minimum absolute atomic E-state index is 0.0507. The summed E-state index contributed by atoms with van der Waals surface area (Å²) in [6.45, 7) is 6.69. The second kappa shape index (κ2) is 12.4. The third-order valence-electron chi connectivity index (χ3n) is 7.20. The van der Waals surface area contributed by atoms with Gasteiger partial charge in [0, 0.05) is 56.3 Å². The molecule has 2 heterocycles. The molecular formula is C29H36ClN3O2. The average molecular weight is 494 g/mol. The molecule has 0 aliphatic carbocycles. The number of hydrogen-bond acceptors (Lipinski definition) is 3. The van der Waals surface area contributed by atoms with E-state index in [-0.39, 0.29) is 17.7 Å². The van der Waals surface area contributed by atoms with Crippen LogP contribution in [0.2, 0.25) is 5.02 Å². The van der Waals surface area contributed by atoms with E-state index in [1.807, 2.05) is 34.1 Å². The zero-order valence-corrected chi connectivity index (χ0v) is 21.4. The van der Waals surface area contributed by atoms with E-state index in [2.05, 4.69) is 41.3 Å². The number of carbonyl (C=O) groups excluding carboxylic acids is 2. The quantitative estimate of drug-likeness (QED) is 0.511. The van der Waals surface area contributed by atoms with E-state index in [4.69, 9.17) is 11.6 Å². The Morgan fingerprint density at radius 2 is 1.71 bits per heavy atom. The molecule has 2 aliphatic rings. The summed E-state index contributed by atoms with van der Waals surface area (Å²) in [4.78, 5) is 31.5. The third-order valence-corrected chi connectivity index (χ3v) is 7.44. The SMILES string of the molecule is CC(=O)N1CCC(C(=O)N(CCCN2CCC(=Cc3ccccc3)CC2)c2cccc(Cl)c2)CC1. The Kier molecular flexibility index (Phi) is 9.00. The molecule has 0 aromatic heterocycles. The molecule has 4 rings (SSSR count). The van der Waals surface area contributed by atoms with Crippen LogP contribution >= 0.6 is 11.6 Å². The Labute approximate surface area is 214 Å². The van der Waals surface area contributed by atoms with Gasteiger partial charge in [-0.2, -0.15) is 0 Å². The fourth-order valence-corrected chi connectivity index (χ4v) is 5.30. The summed E-state index contributed by atoms with van der Waals surface area (Å²) in [5.41, 5.74) is 3.66. The number of anilines is 1. The molecule has 5 nitrogen and oxygen atoms in total. The average Bonchev–Trinajstić information content (AvgIpc) is 2.88. The molecule has 0 unspecified atom stereocenters. The third kappa shape index (κ3) is 7.18. The Hall–Kier alpha value is -2.63. The molecule has 2 amide bonds. The highest BCUT2D eigenvalue weighted by atomic mass is 35.5. The lowest BCUT2D eigenvalue weighted by molar-refractivity contribution is -0.133. The van der Waals surface area contributed by atoms with E-state index in [0.29, 0.717) is 24.7 Å². The van der Waals surface area contributed by atoms with Gasteiger partial charge in [-0.05, 0) is 62.4 Å². The first-order valence-electron chi connectivity index (χ1n) is 12.8. The highest BCUT2D eigenvalue weighted by Crippen LogP contribution is 2.26. The first-order chi connectivity index (χ1) is 17.0. The number of hydrogen-bond donors (Lipinski definition) is 0. The van der Waals surface area contributed by atoms with Crippen LogP contribution in [0.4, 0.5) is 5.69 Å². The monoisotopic (exact) mass is 493 g/mol. The zero-order chi connectivity index (χ0) is 24.6. The maximum absolute atomic E-state index is 13.5. The minimum Gasteiger partial charge on any atom is -0.343 e. The van der Waals surface area contributed by atoms with Crippen LogP contribution in [0.3, 0.4) is 0 Å². The molecule has 0 spiro atoms. The molecule has 2 aliphatic heterocycles. The van der Waals surface area contributed by atoms with Crippen LogP contribution in [0.5, 0.6) is 0 Å². The maximum Gasteiger partial charge on any atom is 0.230 e. The summed E-state index contributed by atoms with van der Waals surface area (Å²) in [6.07, 6.45) is 6.88. The number of likely N-dealkylation sites (tertiary alicyclic amines) is 2.